The number of piperidine rings is 2. The van der Waals surface area contributed by atoms with Gasteiger partial charge in [-0.25, -0.2) is 0 Å². The number of likely N-dealkylation sites (tertiary alicyclic amines) is 1. The van der Waals surface area contributed by atoms with E-state index in [1.54, 1.807) is 17.0 Å². The van der Waals surface area contributed by atoms with Gasteiger partial charge >= 0.3 is 0 Å². The zero-order valence-corrected chi connectivity index (χ0v) is 41.8. The lowest BCUT2D eigenvalue weighted by atomic mass is 9.97. The van der Waals surface area contributed by atoms with Gasteiger partial charge in [0.05, 0.1) is 39.5 Å². The first-order chi connectivity index (χ1) is 35.9. The first kappa shape index (κ1) is 51.0. The zero-order chi connectivity index (χ0) is 51.9. The Kier molecular flexibility index (Phi) is 15.8. The van der Waals surface area contributed by atoms with Crippen LogP contribution in [-0.2, 0) is 43.7 Å². The quantitative estimate of drug-likeness (QED) is 0.0924. The van der Waals surface area contributed by atoms with Gasteiger partial charge in [0.25, 0.3) is 11.8 Å². The number of nitriles is 1. The van der Waals surface area contributed by atoms with E-state index in [-0.39, 0.29) is 73.9 Å². The summed E-state index contributed by atoms with van der Waals surface area (Å²) >= 11 is 7.01. The second kappa shape index (κ2) is 22.9. The molecule has 4 aliphatic rings. The predicted molar refractivity (Wildman–Crippen MR) is 275 cm³/mol. The summed E-state index contributed by atoms with van der Waals surface area (Å²) in [4.78, 5) is 98.3. The number of halogens is 1. The molecule has 0 radical (unpaired) electrons. The fraction of sp³-hybridized carbons (Fsp3) is 0.333. The zero-order valence-electron chi connectivity index (χ0n) is 41.1. The molecule has 5 aromatic rings. The average Bonchev–Trinajstić information content (AvgIpc) is 3.67. The van der Waals surface area contributed by atoms with Crippen LogP contribution in [-0.4, -0.2) is 106 Å². The van der Waals surface area contributed by atoms with E-state index in [1.165, 1.54) is 18.2 Å². The fourth-order valence-corrected chi connectivity index (χ4v) is 10.5. The maximum absolute atomic E-state index is 14.4. The van der Waals surface area contributed by atoms with E-state index in [1.807, 2.05) is 59.5 Å². The molecule has 0 aliphatic carbocycles. The van der Waals surface area contributed by atoms with Gasteiger partial charge in [-0.15, -0.1) is 0 Å². The van der Waals surface area contributed by atoms with E-state index in [4.69, 9.17) is 21.1 Å². The number of ether oxygens (including phenoxy) is 2. The summed E-state index contributed by atoms with van der Waals surface area (Å²) in [7, 11) is 0. The maximum atomic E-state index is 14.4. The van der Waals surface area contributed by atoms with Gasteiger partial charge in [-0.2, -0.15) is 5.26 Å². The number of hydrogen-bond donors (Lipinski definition) is 2. The molecule has 4 aliphatic heterocycles. The largest absolute Gasteiger partial charge is 0.488 e. The first-order valence-corrected chi connectivity index (χ1v) is 25.4. The van der Waals surface area contributed by atoms with Crippen LogP contribution in [0.4, 0.5) is 5.69 Å². The van der Waals surface area contributed by atoms with Crippen molar-refractivity contribution in [2.24, 2.45) is 0 Å². The highest BCUT2D eigenvalue weighted by molar-refractivity contribution is 6.32. The smallest absolute Gasteiger partial charge is 0.264 e. The number of fused-ring (bicyclic) bond motifs is 1. The Balaban J connectivity index is 0.800. The van der Waals surface area contributed by atoms with Gasteiger partial charge in [0.1, 0.15) is 30.8 Å². The number of anilines is 1. The molecule has 9 rings (SSSR count). The third-order valence-corrected chi connectivity index (χ3v) is 14.5. The lowest BCUT2D eigenvalue weighted by Crippen LogP contribution is -2.56. The lowest BCUT2D eigenvalue weighted by Gasteiger charge is -2.41. The van der Waals surface area contributed by atoms with Crippen LogP contribution in [0.5, 0.6) is 11.5 Å². The van der Waals surface area contributed by atoms with Gasteiger partial charge in [0, 0.05) is 63.6 Å². The van der Waals surface area contributed by atoms with Gasteiger partial charge < -0.3 is 24.6 Å². The average molecular weight is 1020 g/mol. The monoisotopic (exact) mass is 1020 g/mol. The number of carbonyl (C=O) groups excluding carboxylic acids is 7. The lowest BCUT2D eigenvalue weighted by molar-refractivity contribution is -0.144. The summed E-state index contributed by atoms with van der Waals surface area (Å²) in [6, 6.07) is 32.4. The van der Waals surface area contributed by atoms with E-state index < -0.39 is 41.6 Å². The van der Waals surface area contributed by atoms with Crippen molar-refractivity contribution in [1.82, 2.24) is 24.9 Å². The second-order valence-corrected chi connectivity index (χ2v) is 19.4. The first-order valence-electron chi connectivity index (χ1n) is 25.0. The number of nitrogens with zero attached hydrogens (tertiary/aromatic N) is 5. The number of benzene rings is 5. The number of piperazine rings is 1. The Morgan fingerprint density at radius 2 is 1.50 bits per heavy atom. The minimum atomic E-state index is -1.14. The molecule has 3 saturated heterocycles. The highest BCUT2D eigenvalue weighted by atomic mass is 35.5. The molecule has 0 bridgehead atoms. The van der Waals surface area contributed by atoms with Crippen LogP contribution in [0.3, 0.4) is 0 Å². The molecule has 2 atom stereocenters. The van der Waals surface area contributed by atoms with Crippen LogP contribution in [0.15, 0.2) is 103 Å². The Morgan fingerprint density at radius 1 is 0.757 bits per heavy atom. The summed E-state index contributed by atoms with van der Waals surface area (Å²) in [5.41, 5.74) is 6.63. The van der Waals surface area contributed by atoms with E-state index >= 15 is 0 Å². The maximum Gasteiger partial charge on any atom is 0.264 e. The minimum Gasteiger partial charge on any atom is -0.488 e. The highest BCUT2D eigenvalue weighted by Crippen LogP contribution is 2.37. The SMILES string of the molecule is Cc1c(COc2cc(OCc3cccc(C#N)c3)c(CN3CCCCC3C(=O)N3CCN(C(=O)CCCC(=O)Nc4cccc5c4C(=O)N(C4CCC(=O)NC4=O)C5=O)CC3)cc2Cl)cccc1-c1ccccc1. The summed E-state index contributed by atoms with van der Waals surface area (Å²) in [6.07, 6.45) is 2.74. The third kappa shape index (κ3) is 11.3. The molecule has 74 heavy (non-hydrogen) atoms. The molecule has 7 amide bonds. The number of rotatable bonds is 16. The van der Waals surface area contributed by atoms with E-state index in [0.29, 0.717) is 67.8 Å². The summed E-state index contributed by atoms with van der Waals surface area (Å²) in [5, 5.41) is 14.8. The third-order valence-electron chi connectivity index (χ3n) is 14.2. The van der Waals surface area contributed by atoms with Crippen molar-refractivity contribution in [3.8, 4) is 28.7 Å². The van der Waals surface area contributed by atoms with Crippen LogP contribution in [0.25, 0.3) is 11.1 Å². The normalized spacial score (nSPS) is 17.9. The van der Waals surface area contributed by atoms with Crippen molar-refractivity contribution >= 4 is 58.6 Å². The molecule has 2 unspecified atom stereocenters. The molecule has 3 fully saturated rings. The van der Waals surface area contributed by atoms with Gasteiger partial charge in [-0.1, -0.05) is 84.8 Å². The van der Waals surface area contributed by atoms with Crippen molar-refractivity contribution in [3.63, 3.8) is 0 Å². The van der Waals surface area contributed by atoms with Gasteiger partial charge in [0.15, 0.2) is 0 Å². The van der Waals surface area contributed by atoms with Crippen LogP contribution in [0.1, 0.15) is 99.9 Å². The van der Waals surface area contributed by atoms with E-state index in [9.17, 15) is 38.8 Å². The van der Waals surface area contributed by atoms with Crippen LogP contribution in [0, 0.1) is 18.3 Å². The number of hydrogen-bond acceptors (Lipinski definition) is 11. The van der Waals surface area contributed by atoms with Crippen LogP contribution >= 0.6 is 11.6 Å². The molecule has 2 N–H and O–H groups in total. The van der Waals surface area contributed by atoms with Crippen molar-refractivity contribution in [3.05, 3.63) is 147 Å². The van der Waals surface area contributed by atoms with Crippen LogP contribution in [0.2, 0.25) is 5.02 Å². The molecule has 0 aromatic heterocycles. The van der Waals surface area contributed by atoms with Crippen molar-refractivity contribution in [2.45, 2.75) is 90.1 Å². The summed E-state index contributed by atoms with van der Waals surface area (Å²) < 4.78 is 12.9. The van der Waals surface area contributed by atoms with Gasteiger partial charge in [0.2, 0.25) is 29.5 Å². The van der Waals surface area contributed by atoms with Crippen LogP contribution < -0.4 is 20.1 Å². The molecular formula is C57H56ClN7O9. The predicted octanol–water partition coefficient (Wildman–Crippen LogP) is 7.58. The topological polar surface area (TPSA) is 199 Å². The molecule has 16 nitrogen and oxygen atoms in total. The Labute approximate surface area is 434 Å². The number of amides is 7. The minimum absolute atomic E-state index is 0.00350. The molecule has 0 saturated carbocycles. The van der Waals surface area contributed by atoms with Gasteiger partial charge in [-0.3, -0.25) is 48.7 Å². The Bertz CT molecular complexity index is 3060. The molecular weight excluding hydrogens is 962 g/mol. The van der Waals surface area contributed by atoms with E-state index in [2.05, 4.69) is 46.7 Å². The standard InChI is InChI=1S/C57H56ClN7O9/c1-36-40(15-8-16-42(36)39-13-3-2-4-14-39)35-74-49-31-48(73-34-38-12-7-11-37(29-38)32-59)41(30-44(49)58)33-64-24-6-5-19-47(64)56(71)63-27-25-62(26-28-63)52(68)21-10-20-50(66)60-45-18-9-17-43-53(45)57(72)65(55(43)70)46-22-23-51(67)61-54(46)69/h2-4,7-9,11-18,29-31,46-47H,5-6,10,19-28,33-35H2,1H3,(H,60,66)(H,61,67,69). The second-order valence-electron chi connectivity index (χ2n) is 19.0. The summed E-state index contributed by atoms with van der Waals surface area (Å²) in [5.74, 6) is -2.21. The Hall–Kier alpha value is -7.87. The number of nitrogens with one attached hydrogen (secondary N) is 2. The summed E-state index contributed by atoms with van der Waals surface area (Å²) in [6.45, 7) is 5.02. The fourth-order valence-electron chi connectivity index (χ4n) is 10.2. The van der Waals surface area contributed by atoms with Crippen molar-refractivity contribution in [2.75, 3.05) is 38.0 Å². The van der Waals surface area contributed by atoms with Crippen molar-refractivity contribution < 1.29 is 43.0 Å². The number of imide groups is 2. The molecule has 17 heteroatoms. The molecule has 380 valence electrons. The molecule has 5 aromatic carbocycles. The van der Waals surface area contributed by atoms with Gasteiger partial charge in [-0.05, 0) is 97.3 Å². The van der Waals surface area contributed by atoms with Crippen molar-refractivity contribution in [1.29, 1.82) is 5.26 Å². The highest BCUT2D eigenvalue weighted by Gasteiger charge is 2.46. The molecule has 4 heterocycles. The Morgan fingerprint density at radius 3 is 2.28 bits per heavy atom. The van der Waals surface area contributed by atoms with E-state index in [0.717, 1.165) is 51.1 Å². The molecule has 0 spiro atoms. The number of carbonyl (C=O) groups is 7.